The van der Waals surface area contributed by atoms with Crippen molar-refractivity contribution in [1.29, 1.82) is 0 Å². The molecule has 2 aromatic carbocycles. The minimum Gasteiger partial charge on any atom is -1.00 e. The molecule has 29 heavy (non-hydrogen) atoms. The van der Waals surface area contributed by atoms with E-state index < -0.39 is 0 Å². The topological polar surface area (TPSA) is 36.1 Å². The van der Waals surface area contributed by atoms with Crippen LogP contribution in [0.3, 0.4) is 0 Å². The van der Waals surface area contributed by atoms with Crippen molar-refractivity contribution in [2.75, 3.05) is 36.8 Å². The van der Waals surface area contributed by atoms with Gasteiger partial charge in [0.15, 0.2) is 0 Å². The van der Waals surface area contributed by atoms with Crippen LogP contribution in [0.5, 0.6) is 0 Å². The average molecular weight is 483 g/mol. The van der Waals surface area contributed by atoms with Gasteiger partial charge in [-0.25, -0.2) is 0 Å². The van der Waals surface area contributed by atoms with Gasteiger partial charge in [-0.15, -0.1) is 0 Å². The van der Waals surface area contributed by atoms with Gasteiger partial charge < -0.3 is 40.8 Å². The van der Waals surface area contributed by atoms with Gasteiger partial charge in [-0.3, -0.25) is 0 Å². The summed E-state index contributed by atoms with van der Waals surface area (Å²) in [6.45, 7) is 14.8. The van der Waals surface area contributed by atoms with E-state index in [-0.39, 0.29) is 41.6 Å². The van der Waals surface area contributed by atoms with Crippen LogP contribution >= 0.6 is 0 Å². The summed E-state index contributed by atoms with van der Waals surface area (Å²) in [6.07, 6.45) is 2.14. The molecule has 2 rings (SSSR count). The number of hydrogen-bond acceptors (Lipinski definition) is 3. The summed E-state index contributed by atoms with van der Waals surface area (Å²) < 4.78 is 0. The molecule has 0 amide bonds. The van der Waals surface area contributed by atoms with E-state index in [4.69, 9.17) is 0 Å². The van der Waals surface area contributed by atoms with Crippen LogP contribution in [0.15, 0.2) is 30.3 Å². The smallest absolute Gasteiger partial charge is 1.00 e. The molecule has 3 N–H and O–H groups in total. The van der Waals surface area contributed by atoms with Gasteiger partial charge in [0.05, 0.1) is 0 Å². The molecule has 0 bridgehead atoms. The summed E-state index contributed by atoms with van der Waals surface area (Å²) in [4.78, 5) is 0. The Morgan fingerprint density at radius 1 is 0.690 bits per heavy atom. The summed E-state index contributed by atoms with van der Waals surface area (Å²) in [5.41, 5.74) is 9.42. The van der Waals surface area contributed by atoms with Gasteiger partial charge in [0.1, 0.15) is 0 Å². The molecule has 0 unspecified atom stereocenters. The molecule has 2 aromatic rings. The van der Waals surface area contributed by atoms with E-state index in [2.05, 4.69) is 80.9 Å². The van der Waals surface area contributed by atoms with Crippen molar-refractivity contribution in [1.82, 2.24) is 5.32 Å². The molecule has 0 saturated heterocycles. The Balaban J connectivity index is 0. The first-order chi connectivity index (χ1) is 12.6. The van der Waals surface area contributed by atoms with Crippen LogP contribution in [-0.4, -0.2) is 26.2 Å². The summed E-state index contributed by atoms with van der Waals surface area (Å²) in [5.74, 6) is 0. The van der Waals surface area contributed by atoms with E-state index in [0.717, 1.165) is 39.0 Å². The van der Waals surface area contributed by atoms with E-state index in [0.29, 0.717) is 0 Å². The Bertz CT molecular complexity index is 678. The van der Waals surface area contributed by atoms with E-state index >= 15 is 0 Å². The average Bonchev–Trinajstić information content (AvgIpc) is 2.62. The zero-order valence-corrected chi connectivity index (χ0v) is 20.8. The molecule has 0 atom stereocenters. The van der Waals surface area contributed by atoms with Crippen molar-refractivity contribution in [3.63, 3.8) is 0 Å². The number of para-hydroxylation sites is 1. The second-order valence-electron chi connectivity index (χ2n) is 7.04. The fourth-order valence-corrected chi connectivity index (χ4v) is 3.61. The molecule has 0 aliphatic carbocycles. The third-order valence-corrected chi connectivity index (χ3v) is 4.88. The zero-order chi connectivity index (χ0) is 18.9. The third kappa shape index (κ3) is 9.18. The van der Waals surface area contributed by atoms with Crippen molar-refractivity contribution in [2.24, 2.45) is 0 Å². The Hall–Kier alpha value is -0.914. The zero-order valence-electron chi connectivity index (χ0n) is 18.2. The summed E-state index contributed by atoms with van der Waals surface area (Å²) in [7, 11) is 0. The van der Waals surface area contributed by atoms with Gasteiger partial charge >= 0.3 is 16.8 Å². The van der Waals surface area contributed by atoms with Gasteiger partial charge in [-0.1, -0.05) is 49.7 Å². The molecule has 0 aromatic heterocycles. The third-order valence-electron chi connectivity index (χ3n) is 4.88. The van der Waals surface area contributed by atoms with E-state index in [1.54, 1.807) is 0 Å². The summed E-state index contributed by atoms with van der Waals surface area (Å²) in [5, 5.41) is 10.7. The summed E-state index contributed by atoms with van der Waals surface area (Å²) in [6, 6.07) is 11.1. The molecule has 0 heterocycles. The van der Waals surface area contributed by atoms with Crippen LogP contribution in [0, 0.1) is 20.8 Å². The predicted octanol–water partition coefficient (Wildman–Crippen LogP) is -1.14. The monoisotopic (exact) mass is 482 g/mol. The molecular formula is C23H35Cl2CoN3. The fraction of sp³-hybridized carbons (Fsp3) is 0.478. The van der Waals surface area contributed by atoms with Crippen LogP contribution < -0.4 is 40.8 Å². The maximum atomic E-state index is 3.63. The molecule has 1 radical (unpaired) electrons. The Kier molecular flexibility index (Phi) is 16.6. The number of aryl methyl sites for hydroxylation is 5. The second kappa shape index (κ2) is 15.9. The number of rotatable bonds is 10. The van der Waals surface area contributed by atoms with Gasteiger partial charge in [-0.05, 0) is 55.9 Å². The van der Waals surface area contributed by atoms with Crippen LogP contribution in [0.4, 0.5) is 11.4 Å². The van der Waals surface area contributed by atoms with Crippen LogP contribution in [0.25, 0.3) is 0 Å². The second-order valence-corrected chi connectivity index (χ2v) is 7.04. The number of hydrogen-bond donors (Lipinski definition) is 3. The number of anilines is 2. The molecular weight excluding hydrogens is 448 g/mol. The largest absolute Gasteiger partial charge is 2.00 e. The maximum absolute atomic E-state index is 3.63. The molecule has 165 valence electrons. The van der Waals surface area contributed by atoms with Crippen molar-refractivity contribution in [2.45, 2.75) is 47.5 Å². The fourth-order valence-electron chi connectivity index (χ4n) is 3.61. The van der Waals surface area contributed by atoms with Crippen molar-refractivity contribution in [3.05, 3.63) is 58.1 Å². The number of benzene rings is 2. The number of halogens is 2. The first-order valence-corrected chi connectivity index (χ1v) is 9.93. The molecule has 0 aliphatic heterocycles. The van der Waals surface area contributed by atoms with Crippen molar-refractivity contribution < 1.29 is 41.6 Å². The molecule has 6 heteroatoms. The van der Waals surface area contributed by atoms with Crippen LogP contribution in [0.2, 0.25) is 0 Å². The van der Waals surface area contributed by atoms with Crippen LogP contribution in [-0.2, 0) is 29.6 Å². The minimum atomic E-state index is 0. The van der Waals surface area contributed by atoms with Gasteiger partial charge in [0.2, 0.25) is 0 Å². The van der Waals surface area contributed by atoms with Gasteiger partial charge in [0, 0.05) is 37.6 Å². The molecule has 0 fully saturated rings. The quantitative estimate of drug-likeness (QED) is 0.374. The van der Waals surface area contributed by atoms with Gasteiger partial charge in [-0.2, -0.15) is 0 Å². The van der Waals surface area contributed by atoms with Gasteiger partial charge in [0.25, 0.3) is 0 Å². The van der Waals surface area contributed by atoms with E-state index in [1.807, 2.05) is 0 Å². The molecule has 3 nitrogen and oxygen atoms in total. The van der Waals surface area contributed by atoms with Crippen molar-refractivity contribution >= 4 is 11.4 Å². The molecule has 0 saturated carbocycles. The summed E-state index contributed by atoms with van der Waals surface area (Å²) >= 11 is 0. The molecule has 0 spiro atoms. The predicted molar refractivity (Wildman–Crippen MR) is 116 cm³/mol. The Morgan fingerprint density at radius 2 is 1.14 bits per heavy atom. The first-order valence-electron chi connectivity index (χ1n) is 9.93. The minimum absolute atomic E-state index is 0. The first kappa shape index (κ1) is 30.3. The Labute approximate surface area is 200 Å². The normalized spacial score (nSPS) is 9.69. The maximum Gasteiger partial charge on any atom is 2.00 e. The number of nitrogens with one attached hydrogen (secondary N) is 3. The molecule has 0 aliphatic rings. The SMILES string of the molecule is CCc1cccc(CC)c1NCCNCCNc1c(C)cc(C)cc1C.[Cl-].[Cl-].[Co+2]. The van der Waals surface area contributed by atoms with E-state index in [1.165, 1.54) is 39.2 Å². The Morgan fingerprint density at radius 3 is 1.59 bits per heavy atom. The van der Waals surface area contributed by atoms with E-state index in [9.17, 15) is 0 Å². The van der Waals surface area contributed by atoms with Crippen molar-refractivity contribution in [3.8, 4) is 0 Å². The standard InChI is InChI=1S/C23H35N3.2ClH.Co/c1-6-20-9-8-10-21(7-2)23(20)26-14-12-24-11-13-25-22-18(4)15-17(3)16-19(22)5;;;/h8-10,15-16,24-26H,6-7,11-14H2,1-5H3;2*1H;/q;;;+2/p-2. The van der Waals surface area contributed by atoms with Crippen LogP contribution in [0.1, 0.15) is 41.7 Å².